The average Bonchev–Trinajstić information content (AvgIpc) is 2.78. The van der Waals surface area contributed by atoms with E-state index in [1.807, 2.05) is 0 Å². The van der Waals surface area contributed by atoms with Crippen LogP contribution in [0, 0.1) is 0 Å². The highest BCUT2D eigenvalue weighted by Gasteiger charge is 2.18. The summed E-state index contributed by atoms with van der Waals surface area (Å²) < 4.78 is 60.1. The summed E-state index contributed by atoms with van der Waals surface area (Å²) >= 11 is 0. The molecule has 1 aromatic carbocycles. The lowest BCUT2D eigenvalue weighted by atomic mass is 10.2. The van der Waals surface area contributed by atoms with Gasteiger partial charge in [-0.25, -0.2) is 27.2 Å². The maximum absolute atomic E-state index is 13.0. The van der Waals surface area contributed by atoms with Gasteiger partial charge in [0, 0.05) is 18.0 Å². The number of amides is 1. The first-order valence-electron chi connectivity index (χ1n) is 9.29. The summed E-state index contributed by atoms with van der Waals surface area (Å²) in [6, 6.07) is 11.7. The number of hydrogen-bond donors (Lipinski definition) is 1. The number of ether oxygens (including phenoxy) is 2. The number of hydrogen-bond acceptors (Lipinski definition) is 7. The first-order valence-corrected chi connectivity index (χ1v) is 11.2. The normalized spacial score (nSPS) is 11.2. The first kappa shape index (κ1) is 23.1. The highest BCUT2D eigenvalue weighted by molar-refractivity contribution is 7.90. The molecule has 0 aliphatic carbocycles. The van der Waals surface area contributed by atoms with E-state index in [1.54, 1.807) is 18.2 Å². The Morgan fingerprint density at radius 1 is 1.06 bits per heavy atom. The van der Waals surface area contributed by atoms with Crippen molar-refractivity contribution < 1.29 is 31.5 Å². The number of carbonyl (C=O) groups excluding carboxylic acids is 1. The summed E-state index contributed by atoms with van der Waals surface area (Å²) in [5.74, 6) is -0.0677. The van der Waals surface area contributed by atoms with Gasteiger partial charge in [-0.3, -0.25) is 4.79 Å². The van der Waals surface area contributed by atoms with E-state index >= 15 is 0 Å². The minimum atomic E-state index is -3.50. The number of halogens is 2. The van der Waals surface area contributed by atoms with Crippen molar-refractivity contribution in [3.05, 3.63) is 66.5 Å². The van der Waals surface area contributed by atoms with Crippen LogP contribution in [0.3, 0.4) is 0 Å². The van der Waals surface area contributed by atoms with E-state index in [0.717, 1.165) is 6.26 Å². The van der Waals surface area contributed by atoms with Crippen LogP contribution in [0.1, 0.15) is 10.4 Å². The van der Waals surface area contributed by atoms with E-state index in [4.69, 9.17) is 9.47 Å². The summed E-state index contributed by atoms with van der Waals surface area (Å²) in [7, 11) is -3.50. The number of alkyl halides is 2. The molecule has 0 unspecified atom stereocenters. The number of nitrogens with one attached hydrogen (secondary N) is 1. The van der Waals surface area contributed by atoms with Crippen molar-refractivity contribution in [3.8, 4) is 17.2 Å². The van der Waals surface area contributed by atoms with Crippen molar-refractivity contribution in [1.82, 2.24) is 9.97 Å². The van der Waals surface area contributed by atoms with Crippen LogP contribution in [-0.4, -0.2) is 50.0 Å². The third-order valence-corrected chi connectivity index (χ3v) is 5.07. The summed E-state index contributed by atoms with van der Waals surface area (Å²) in [4.78, 5) is 20.4. The van der Waals surface area contributed by atoms with Crippen molar-refractivity contribution in [2.75, 3.05) is 24.9 Å². The third-order valence-electron chi connectivity index (χ3n) is 4.07. The zero-order chi connectivity index (χ0) is 23.1. The lowest BCUT2D eigenvalue weighted by Crippen LogP contribution is -2.21. The van der Waals surface area contributed by atoms with E-state index < -0.39 is 35.2 Å². The van der Waals surface area contributed by atoms with Crippen LogP contribution in [0.4, 0.5) is 14.6 Å². The predicted octanol–water partition coefficient (Wildman–Crippen LogP) is 3.61. The molecule has 8 nitrogen and oxygen atoms in total. The monoisotopic (exact) mass is 463 g/mol. The van der Waals surface area contributed by atoms with Gasteiger partial charge in [-0.15, -0.1) is 0 Å². The first-order chi connectivity index (χ1) is 15.3. The fourth-order valence-corrected chi connectivity index (χ4v) is 3.07. The maximum atomic E-state index is 13.0. The second-order valence-electron chi connectivity index (χ2n) is 6.59. The molecule has 168 valence electrons. The lowest BCUT2D eigenvalue weighted by Gasteiger charge is -2.17. The van der Waals surface area contributed by atoms with Crippen molar-refractivity contribution >= 4 is 21.6 Å². The van der Waals surface area contributed by atoms with Crippen molar-refractivity contribution in [2.45, 2.75) is 11.1 Å². The molecule has 32 heavy (non-hydrogen) atoms. The highest BCUT2D eigenvalue weighted by Crippen LogP contribution is 2.34. The molecular formula is C21H19F2N3O5S. The molecule has 2 aromatic heterocycles. The number of sulfone groups is 1. The Hall–Kier alpha value is -3.60. The SMILES string of the molecule is CS(=O)(=O)c1ccc(Oc2cc(C(=O)Nc3ccccn3)ccc2OC(CF)CF)cn1. The Morgan fingerprint density at radius 2 is 1.84 bits per heavy atom. The molecule has 0 fully saturated rings. The van der Waals surface area contributed by atoms with E-state index in [1.165, 1.54) is 42.7 Å². The molecule has 0 aliphatic heterocycles. The standard InChI is InChI=1S/C21H19F2N3O5S/c1-32(28,29)20-8-6-15(13-25-20)30-18-10-14(5-7-17(18)31-16(11-22)12-23)21(27)26-19-4-2-3-9-24-19/h2-10,13,16H,11-12H2,1H3,(H,24,26,27). The van der Waals surface area contributed by atoms with Gasteiger partial charge in [-0.2, -0.15) is 0 Å². The fourth-order valence-electron chi connectivity index (χ4n) is 2.51. The number of rotatable bonds is 9. The number of nitrogens with zero attached hydrogens (tertiary/aromatic N) is 2. The van der Waals surface area contributed by atoms with E-state index in [2.05, 4.69) is 15.3 Å². The second-order valence-corrected chi connectivity index (χ2v) is 8.55. The van der Waals surface area contributed by atoms with Crippen molar-refractivity contribution in [2.24, 2.45) is 0 Å². The minimum Gasteiger partial charge on any atom is -0.481 e. The van der Waals surface area contributed by atoms with Gasteiger partial charge in [0.15, 0.2) is 32.5 Å². The van der Waals surface area contributed by atoms with Gasteiger partial charge in [0.05, 0.1) is 6.20 Å². The van der Waals surface area contributed by atoms with Gasteiger partial charge >= 0.3 is 0 Å². The van der Waals surface area contributed by atoms with Crippen LogP contribution >= 0.6 is 0 Å². The van der Waals surface area contributed by atoms with Crippen LogP contribution in [0.5, 0.6) is 17.2 Å². The van der Waals surface area contributed by atoms with E-state index in [0.29, 0.717) is 5.82 Å². The Labute approximate surface area is 183 Å². The number of anilines is 1. The molecule has 0 saturated carbocycles. The quantitative estimate of drug-likeness (QED) is 0.517. The van der Waals surface area contributed by atoms with Crippen LogP contribution in [-0.2, 0) is 9.84 Å². The molecule has 0 bridgehead atoms. The molecule has 3 rings (SSSR count). The summed E-state index contributed by atoms with van der Waals surface area (Å²) in [6.07, 6.45) is 2.35. The molecule has 3 aromatic rings. The average molecular weight is 463 g/mol. The zero-order valence-electron chi connectivity index (χ0n) is 16.9. The largest absolute Gasteiger partial charge is 0.481 e. The minimum absolute atomic E-state index is 0.00752. The smallest absolute Gasteiger partial charge is 0.256 e. The molecule has 0 spiro atoms. The van der Waals surface area contributed by atoms with Crippen LogP contribution < -0.4 is 14.8 Å². The molecule has 1 amide bonds. The Balaban J connectivity index is 1.90. The third kappa shape index (κ3) is 5.97. The molecule has 0 aliphatic rings. The second kappa shape index (κ2) is 10.1. The molecule has 2 heterocycles. The van der Waals surface area contributed by atoms with Crippen molar-refractivity contribution in [3.63, 3.8) is 0 Å². The predicted molar refractivity (Wildman–Crippen MR) is 112 cm³/mol. The van der Waals surface area contributed by atoms with Gasteiger partial charge in [0.1, 0.15) is 24.9 Å². The van der Waals surface area contributed by atoms with Gasteiger partial charge in [-0.1, -0.05) is 6.07 Å². The topological polar surface area (TPSA) is 107 Å². The van der Waals surface area contributed by atoms with Crippen LogP contribution in [0.15, 0.2) is 66.0 Å². The fraction of sp³-hybridized carbons (Fsp3) is 0.190. The van der Waals surface area contributed by atoms with Gasteiger partial charge in [-0.05, 0) is 42.5 Å². The van der Waals surface area contributed by atoms with Crippen LogP contribution in [0.25, 0.3) is 0 Å². The number of aromatic nitrogens is 2. The van der Waals surface area contributed by atoms with Gasteiger partial charge < -0.3 is 14.8 Å². The number of carbonyl (C=O) groups is 1. The zero-order valence-corrected chi connectivity index (χ0v) is 17.7. The van der Waals surface area contributed by atoms with Crippen LogP contribution in [0.2, 0.25) is 0 Å². The molecule has 0 atom stereocenters. The van der Waals surface area contributed by atoms with E-state index in [-0.39, 0.29) is 27.8 Å². The Morgan fingerprint density at radius 3 is 2.44 bits per heavy atom. The molecule has 1 N–H and O–H groups in total. The van der Waals surface area contributed by atoms with Gasteiger partial charge in [0.2, 0.25) is 0 Å². The molecule has 0 radical (unpaired) electrons. The lowest BCUT2D eigenvalue weighted by molar-refractivity contribution is 0.102. The summed E-state index contributed by atoms with van der Waals surface area (Å²) in [5.41, 5.74) is 0.163. The molecule has 0 saturated heterocycles. The number of benzene rings is 1. The summed E-state index contributed by atoms with van der Waals surface area (Å²) in [6.45, 7) is -2.13. The Bertz CT molecular complexity index is 1170. The highest BCUT2D eigenvalue weighted by atomic mass is 32.2. The van der Waals surface area contributed by atoms with E-state index in [9.17, 15) is 22.0 Å². The van der Waals surface area contributed by atoms with Gasteiger partial charge in [0.25, 0.3) is 5.91 Å². The molecule has 11 heteroatoms. The number of pyridine rings is 2. The molecular weight excluding hydrogens is 444 g/mol. The van der Waals surface area contributed by atoms with Crippen molar-refractivity contribution in [1.29, 1.82) is 0 Å². The summed E-state index contributed by atoms with van der Waals surface area (Å²) in [5, 5.41) is 2.46. The Kier molecular flexibility index (Phi) is 7.31. The maximum Gasteiger partial charge on any atom is 0.256 e.